The topological polar surface area (TPSA) is 66.8 Å². The number of carbonyl (C=O) groups is 2. The third-order valence-electron chi connectivity index (χ3n) is 4.34. The Kier molecular flexibility index (Phi) is 3.99. The molecular weight excluding hydrogens is 290 g/mol. The van der Waals surface area contributed by atoms with Gasteiger partial charge < -0.3 is 14.7 Å². The monoisotopic (exact) mass is 309 g/mol. The number of rotatable bonds is 4. The van der Waals surface area contributed by atoms with E-state index >= 15 is 0 Å². The molecule has 1 aromatic heterocycles. The molecule has 1 aliphatic carbocycles. The van der Waals surface area contributed by atoms with E-state index in [4.69, 9.17) is 9.84 Å². The molecule has 0 saturated carbocycles. The Labute approximate surface area is 127 Å². The quantitative estimate of drug-likeness (QED) is 0.923. The van der Waals surface area contributed by atoms with Crippen LogP contribution < -0.4 is 0 Å². The third-order valence-corrected chi connectivity index (χ3v) is 5.56. The van der Waals surface area contributed by atoms with Crippen LogP contribution in [-0.4, -0.2) is 47.7 Å². The first-order valence-electron chi connectivity index (χ1n) is 7.25. The van der Waals surface area contributed by atoms with Crippen molar-refractivity contribution in [1.29, 1.82) is 0 Å². The fourth-order valence-electron chi connectivity index (χ4n) is 3.26. The molecule has 0 bridgehead atoms. The van der Waals surface area contributed by atoms with Gasteiger partial charge in [-0.1, -0.05) is 0 Å². The number of aryl methyl sites for hydroxylation is 2. The van der Waals surface area contributed by atoms with Crippen LogP contribution in [0.1, 0.15) is 39.4 Å². The molecular formula is C15H19NO4S. The lowest BCUT2D eigenvalue weighted by Gasteiger charge is -2.22. The van der Waals surface area contributed by atoms with E-state index in [1.165, 1.54) is 16.9 Å². The zero-order chi connectivity index (χ0) is 15.0. The minimum Gasteiger partial charge on any atom is -0.481 e. The van der Waals surface area contributed by atoms with Gasteiger partial charge in [-0.3, -0.25) is 9.59 Å². The Balaban J connectivity index is 1.78. The van der Waals surface area contributed by atoms with Crippen molar-refractivity contribution in [2.75, 3.05) is 13.7 Å². The van der Waals surface area contributed by atoms with Crippen molar-refractivity contribution in [3.05, 3.63) is 21.4 Å². The smallest absolute Gasteiger partial charge is 0.305 e. The largest absolute Gasteiger partial charge is 0.481 e. The summed E-state index contributed by atoms with van der Waals surface area (Å²) in [6, 6.07) is 1.73. The van der Waals surface area contributed by atoms with E-state index in [1.54, 1.807) is 23.3 Å². The highest BCUT2D eigenvalue weighted by Gasteiger charge is 2.37. The number of thiophene rings is 1. The number of aliphatic carboxylic acids is 1. The van der Waals surface area contributed by atoms with Crippen LogP contribution in [-0.2, 0) is 22.4 Å². The van der Waals surface area contributed by atoms with Crippen molar-refractivity contribution in [1.82, 2.24) is 4.90 Å². The molecule has 21 heavy (non-hydrogen) atoms. The van der Waals surface area contributed by atoms with Gasteiger partial charge in [-0.15, -0.1) is 11.3 Å². The number of hydrogen-bond acceptors (Lipinski definition) is 4. The molecule has 3 rings (SSSR count). The summed E-state index contributed by atoms with van der Waals surface area (Å²) in [6.45, 7) is 0.482. The summed E-state index contributed by atoms with van der Waals surface area (Å²) in [4.78, 5) is 27.4. The molecule has 5 nitrogen and oxygen atoms in total. The summed E-state index contributed by atoms with van der Waals surface area (Å²) in [7, 11) is 1.61. The number of fused-ring (bicyclic) bond motifs is 1. The Hall–Kier alpha value is -1.40. The van der Waals surface area contributed by atoms with E-state index in [2.05, 4.69) is 0 Å². The van der Waals surface area contributed by atoms with Crippen LogP contribution in [0, 0.1) is 0 Å². The van der Waals surface area contributed by atoms with Crippen molar-refractivity contribution in [2.45, 2.75) is 44.2 Å². The van der Waals surface area contributed by atoms with E-state index in [-0.39, 0.29) is 24.5 Å². The van der Waals surface area contributed by atoms with Crippen molar-refractivity contribution < 1.29 is 19.4 Å². The van der Waals surface area contributed by atoms with Gasteiger partial charge in [0.15, 0.2) is 0 Å². The highest BCUT2D eigenvalue weighted by atomic mass is 32.1. The minimum absolute atomic E-state index is 0.0172. The van der Waals surface area contributed by atoms with Crippen LogP contribution in [0.3, 0.4) is 0 Å². The molecule has 0 aromatic carbocycles. The van der Waals surface area contributed by atoms with Gasteiger partial charge in [-0.2, -0.15) is 0 Å². The molecule has 1 fully saturated rings. The van der Waals surface area contributed by atoms with Crippen LogP contribution in [0.4, 0.5) is 0 Å². The predicted molar refractivity (Wildman–Crippen MR) is 78.8 cm³/mol. The summed E-state index contributed by atoms with van der Waals surface area (Å²) in [5.41, 5.74) is 1.29. The number of amides is 1. The fraction of sp³-hybridized carbons (Fsp3) is 0.600. The summed E-state index contributed by atoms with van der Waals surface area (Å²) >= 11 is 1.57. The summed E-state index contributed by atoms with van der Waals surface area (Å²) in [6.07, 6.45) is 3.80. The molecule has 1 aliphatic heterocycles. The lowest BCUT2D eigenvalue weighted by Crippen LogP contribution is -2.36. The van der Waals surface area contributed by atoms with Gasteiger partial charge in [-0.05, 0) is 37.3 Å². The van der Waals surface area contributed by atoms with Gasteiger partial charge >= 0.3 is 5.97 Å². The second kappa shape index (κ2) is 5.77. The molecule has 2 aliphatic rings. The Morgan fingerprint density at radius 3 is 2.95 bits per heavy atom. The zero-order valence-electron chi connectivity index (χ0n) is 12.0. The SMILES string of the molecule is COC1CC(CC(=O)O)N(C(=O)c2cc3c(s2)CCC3)C1. The van der Waals surface area contributed by atoms with Crippen LogP contribution >= 0.6 is 11.3 Å². The maximum absolute atomic E-state index is 12.7. The van der Waals surface area contributed by atoms with Crippen molar-refractivity contribution >= 4 is 23.2 Å². The lowest BCUT2D eigenvalue weighted by molar-refractivity contribution is -0.137. The minimum atomic E-state index is -0.872. The van der Waals surface area contributed by atoms with Gasteiger partial charge in [0.1, 0.15) is 0 Å². The standard InChI is InChI=1S/C15H19NO4S/c1-20-11-6-10(7-14(17)18)16(8-11)15(19)13-5-9-3-2-4-12(9)21-13/h5,10-11H,2-4,6-8H2,1H3,(H,17,18). The first-order valence-corrected chi connectivity index (χ1v) is 8.07. The van der Waals surface area contributed by atoms with E-state index in [1.807, 2.05) is 6.07 Å². The first-order chi connectivity index (χ1) is 10.1. The number of methoxy groups -OCH3 is 1. The molecule has 2 atom stereocenters. The molecule has 2 heterocycles. The van der Waals surface area contributed by atoms with E-state index < -0.39 is 5.97 Å². The Morgan fingerprint density at radius 1 is 1.48 bits per heavy atom. The second-order valence-electron chi connectivity index (χ2n) is 5.72. The summed E-state index contributed by atoms with van der Waals surface area (Å²) < 4.78 is 5.32. The maximum Gasteiger partial charge on any atom is 0.305 e. The highest BCUT2D eigenvalue weighted by Crippen LogP contribution is 2.33. The van der Waals surface area contributed by atoms with Gasteiger partial charge in [0.25, 0.3) is 5.91 Å². The van der Waals surface area contributed by atoms with Gasteiger partial charge in [0, 0.05) is 24.6 Å². The molecule has 0 radical (unpaired) electrons. The first kappa shape index (κ1) is 14.5. The average Bonchev–Trinajstić information content (AvgIpc) is 3.09. The molecule has 1 amide bonds. The number of hydrogen-bond donors (Lipinski definition) is 1. The van der Waals surface area contributed by atoms with Crippen molar-refractivity contribution in [3.8, 4) is 0 Å². The van der Waals surface area contributed by atoms with Gasteiger partial charge in [-0.25, -0.2) is 0 Å². The van der Waals surface area contributed by atoms with Crippen LogP contribution in [0.5, 0.6) is 0 Å². The van der Waals surface area contributed by atoms with Gasteiger partial charge in [0.2, 0.25) is 0 Å². The van der Waals surface area contributed by atoms with E-state index in [0.29, 0.717) is 13.0 Å². The van der Waals surface area contributed by atoms with Gasteiger partial charge in [0.05, 0.1) is 17.4 Å². The Morgan fingerprint density at radius 2 is 2.29 bits per heavy atom. The molecule has 2 unspecified atom stereocenters. The summed E-state index contributed by atoms with van der Waals surface area (Å²) in [5, 5.41) is 9.02. The zero-order valence-corrected chi connectivity index (χ0v) is 12.8. The highest BCUT2D eigenvalue weighted by molar-refractivity contribution is 7.14. The molecule has 6 heteroatoms. The van der Waals surface area contributed by atoms with E-state index in [0.717, 1.165) is 17.7 Å². The average molecular weight is 309 g/mol. The normalized spacial score (nSPS) is 24.3. The molecule has 1 aromatic rings. The predicted octanol–water partition coefficient (Wildman–Crippen LogP) is 1.94. The Bertz CT molecular complexity index is 547. The molecule has 0 spiro atoms. The lowest BCUT2D eigenvalue weighted by atomic mass is 10.1. The van der Waals surface area contributed by atoms with Crippen LogP contribution in [0.15, 0.2) is 6.07 Å². The maximum atomic E-state index is 12.7. The van der Waals surface area contributed by atoms with E-state index in [9.17, 15) is 9.59 Å². The van der Waals surface area contributed by atoms with Crippen LogP contribution in [0.25, 0.3) is 0 Å². The van der Waals surface area contributed by atoms with Crippen molar-refractivity contribution in [2.24, 2.45) is 0 Å². The number of likely N-dealkylation sites (tertiary alicyclic amines) is 1. The fourth-order valence-corrected chi connectivity index (χ4v) is 4.47. The number of ether oxygens (including phenoxy) is 1. The molecule has 1 saturated heterocycles. The second-order valence-corrected chi connectivity index (χ2v) is 6.85. The number of carbonyl (C=O) groups excluding carboxylic acids is 1. The molecule has 1 N–H and O–H groups in total. The number of nitrogens with zero attached hydrogens (tertiary/aromatic N) is 1. The van der Waals surface area contributed by atoms with Crippen molar-refractivity contribution in [3.63, 3.8) is 0 Å². The number of carboxylic acid groups (broad SMARTS) is 1. The number of carboxylic acids is 1. The molecule has 114 valence electrons. The summed E-state index contributed by atoms with van der Waals surface area (Å²) in [5.74, 6) is -0.913. The third kappa shape index (κ3) is 2.82. The van der Waals surface area contributed by atoms with Crippen LogP contribution in [0.2, 0.25) is 0 Å².